The highest BCUT2D eigenvalue weighted by atomic mass is 16.5. The molecule has 1 aromatic carbocycles. The summed E-state index contributed by atoms with van der Waals surface area (Å²) in [5.41, 5.74) is 0. The van der Waals surface area contributed by atoms with E-state index in [9.17, 15) is 0 Å². The maximum atomic E-state index is 5.94. The second-order valence-corrected chi connectivity index (χ2v) is 7.87. The lowest BCUT2D eigenvalue weighted by molar-refractivity contribution is 0.394. The molecule has 0 heterocycles. The number of rotatable bonds is 18. The molecule has 1 aromatic rings. The molecule has 0 radical (unpaired) electrons. The number of allylic oxidation sites excluding steroid dienone is 2. The largest absolute Gasteiger partial charge is 0.462 e. The van der Waals surface area contributed by atoms with Crippen molar-refractivity contribution < 1.29 is 4.74 Å². The summed E-state index contributed by atoms with van der Waals surface area (Å²) >= 11 is 0. The van der Waals surface area contributed by atoms with Gasteiger partial charge in [-0.05, 0) is 31.6 Å². The summed E-state index contributed by atoms with van der Waals surface area (Å²) in [5, 5.41) is 0. The van der Waals surface area contributed by atoms with Crippen molar-refractivity contribution in [1.29, 1.82) is 0 Å². The standard InChI is InChI=1S/C26H44O/c1-3-5-6-7-8-9-10-11-12-13-14-15-16-17-19-22-25(4-2)27-26-23-20-18-21-24-26/h4,18,20-21,23-24H,3,5-17,19,22H2,1-2H3. The molecule has 0 fully saturated rings. The van der Waals surface area contributed by atoms with Gasteiger partial charge in [0, 0.05) is 6.42 Å². The van der Waals surface area contributed by atoms with Crippen LogP contribution in [0.5, 0.6) is 5.75 Å². The van der Waals surface area contributed by atoms with E-state index in [1.807, 2.05) is 30.3 Å². The van der Waals surface area contributed by atoms with Crippen molar-refractivity contribution in [1.82, 2.24) is 0 Å². The van der Waals surface area contributed by atoms with Gasteiger partial charge >= 0.3 is 0 Å². The van der Waals surface area contributed by atoms with Gasteiger partial charge in [0.15, 0.2) is 0 Å². The summed E-state index contributed by atoms with van der Waals surface area (Å²) in [7, 11) is 0. The number of para-hydroxylation sites is 1. The minimum Gasteiger partial charge on any atom is -0.462 e. The van der Waals surface area contributed by atoms with Crippen LogP contribution in [0.25, 0.3) is 0 Å². The van der Waals surface area contributed by atoms with Crippen molar-refractivity contribution in [2.45, 2.75) is 117 Å². The van der Waals surface area contributed by atoms with E-state index < -0.39 is 0 Å². The Morgan fingerprint density at radius 3 is 1.56 bits per heavy atom. The van der Waals surface area contributed by atoms with Gasteiger partial charge in [0.25, 0.3) is 0 Å². The van der Waals surface area contributed by atoms with Crippen molar-refractivity contribution in [3.8, 4) is 5.75 Å². The zero-order valence-electron chi connectivity index (χ0n) is 18.2. The Bertz CT molecular complexity index is 449. The summed E-state index contributed by atoms with van der Waals surface area (Å²) in [5.74, 6) is 2.06. The smallest absolute Gasteiger partial charge is 0.126 e. The summed E-state index contributed by atoms with van der Waals surface area (Å²) in [4.78, 5) is 0. The number of unbranched alkanes of at least 4 members (excludes halogenated alkanes) is 14. The molecular weight excluding hydrogens is 328 g/mol. The molecule has 0 bridgehead atoms. The average molecular weight is 373 g/mol. The quantitative estimate of drug-likeness (QED) is 0.184. The van der Waals surface area contributed by atoms with E-state index in [2.05, 4.69) is 19.9 Å². The van der Waals surface area contributed by atoms with Crippen molar-refractivity contribution >= 4 is 0 Å². The number of ether oxygens (including phenoxy) is 1. The Labute approximate surface area is 169 Å². The zero-order valence-corrected chi connectivity index (χ0v) is 18.2. The molecule has 1 heteroatoms. The molecule has 0 spiro atoms. The SMILES string of the molecule is CC=C(CCCCCCCCCCCCCCCCC)Oc1ccccc1. The first-order valence-electron chi connectivity index (χ1n) is 11.7. The highest BCUT2D eigenvalue weighted by Crippen LogP contribution is 2.18. The van der Waals surface area contributed by atoms with Gasteiger partial charge in [-0.1, -0.05) is 115 Å². The molecule has 27 heavy (non-hydrogen) atoms. The van der Waals surface area contributed by atoms with E-state index in [0.717, 1.165) is 17.9 Å². The van der Waals surface area contributed by atoms with Crippen LogP contribution in [0.4, 0.5) is 0 Å². The van der Waals surface area contributed by atoms with E-state index in [1.165, 1.54) is 96.3 Å². The molecule has 0 aliphatic rings. The van der Waals surface area contributed by atoms with Crippen molar-refractivity contribution in [2.24, 2.45) is 0 Å². The molecule has 0 unspecified atom stereocenters. The molecule has 0 saturated carbocycles. The maximum absolute atomic E-state index is 5.94. The molecule has 0 aromatic heterocycles. The predicted octanol–water partition coefficient (Wildman–Crippen LogP) is 9.23. The third kappa shape index (κ3) is 14.5. The first-order chi connectivity index (χ1) is 13.4. The Hall–Kier alpha value is -1.24. The van der Waals surface area contributed by atoms with Crippen LogP contribution in [0.15, 0.2) is 42.2 Å². The molecule has 0 aliphatic heterocycles. The third-order valence-electron chi connectivity index (χ3n) is 5.34. The summed E-state index contributed by atoms with van der Waals surface area (Å²) < 4.78 is 5.94. The van der Waals surface area contributed by atoms with Crippen molar-refractivity contribution in [3.63, 3.8) is 0 Å². The molecule has 0 N–H and O–H groups in total. The van der Waals surface area contributed by atoms with Gasteiger partial charge < -0.3 is 4.74 Å². The first kappa shape index (κ1) is 23.8. The lowest BCUT2D eigenvalue weighted by atomic mass is 10.0. The van der Waals surface area contributed by atoms with E-state index in [0.29, 0.717) is 0 Å². The average Bonchev–Trinajstić information content (AvgIpc) is 2.70. The van der Waals surface area contributed by atoms with E-state index in [-0.39, 0.29) is 0 Å². The van der Waals surface area contributed by atoms with Gasteiger partial charge in [-0.15, -0.1) is 0 Å². The lowest BCUT2D eigenvalue weighted by Crippen LogP contribution is -1.95. The van der Waals surface area contributed by atoms with Crippen LogP contribution in [-0.2, 0) is 0 Å². The van der Waals surface area contributed by atoms with Crippen LogP contribution in [0.2, 0.25) is 0 Å². The Morgan fingerprint density at radius 1 is 0.667 bits per heavy atom. The Morgan fingerprint density at radius 2 is 1.11 bits per heavy atom. The monoisotopic (exact) mass is 372 g/mol. The van der Waals surface area contributed by atoms with E-state index in [4.69, 9.17) is 4.74 Å². The number of hydrogen-bond donors (Lipinski definition) is 0. The predicted molar refractivity (Wildman–Crippen MR) is 120 cm³/mol. The fraction of sp³-hybridized carbons (Fsp3) is 0.692. The zero-order chi connectivity index (χ0) is 19.4. The van der Waals surface area contributed by atoms with Crippen LogP contribution >= 0.6 is 0 Å². The topological polar surface area (TPSA) is 9.23 Å². The fourth-order valence-corrected chi connectivity index (χ4v) is 3.56. The molecule has 1 nitrogen and oxygen atoms in total. The molecular formula is C26H44O. The van der Waals surface area contributed by atoms with Gasteiger partial charge in [0.2, 0.25) is 0 Å². The van der Waals surface area contributed by atoms with Crippen LogP contribution in [-0.4, -0.2) is 0 Å². The minimum atomic E-state index is 0.951. The highest BCUT2D eigenvalue weighted by Gasteiger charge is 2.00. The summed E-state index contributed by atoms with van der Waals surface area (Å²) in [6, 6.07) is 10.1. The van der Waals surface area contributed by atoms with Crippen LogP contribution in [0, 0.1) is 0 Å². The van der Waals surface area contributed by atoms with Crippen molar-refractivity contribution in [2.75, 3.05) is 0 Å². The third-order valence-corrected chi connectivity index (χ3v) is 5.34. The van der Waals surface area contributed by atoms with Gasteiger partial charge in [0.1, 0.15) is 5.75 Å². The molecule has 0 amide bonds. The van der Waals surface area contributed by atoms with E-state index in [1.54, 1.807) is 0 Å². The van der Waals surface area contributed by atoms with Gasteiger partial charge in [-0.3, -0.25) is 0 Å². The van der Waals surface area contributed by atoms with Crippen molar-refractivity contribution in [3.05, 3.63) is 42.2 Å². The molecule has 1 rings (SSSR count). The maximum Gasteiger partial charge on any atom is 0.126 e. The Balaban J connectivity index is 1.84. The molecule has 154 valence electrons. The van der Waals surface area contributed by atoms with Gasteiger partial charge in [-0.25, -0.2) is 0 Å². The normalized spacial score (nSPS) is 11.7. The second-order valence-electron chi connectivity index (χ2n) is 7.87. The van der Waals surface area contributed by atoms with Crippen LogP contribution < -0.4 is 4.74 Å². The first-order valence-corrected chi connectivity index (χ1v) is 11.7. The minimum absolute atomic E-state index is 0.951. The molecule has 0 atom stereocenters. The van der Waals surface area contributed by atoms with Crippen LogP contribution in [0.3, 0.4) is 0 Å². The fourth-order valence-electron chi connectivity index (χ4n) is 3.56. The summed E-state index contributed by atoms with van der Waals surface area (Å²) in [6.07, 6.45) is 24.3. The molecule has 0 aliphatic carbocycles. The second kappa shape index (κ2) is 18.1. The van der Waals surface area contributed by atoms with E-state index >= 15 is 0 Å². The number of benzene rings is 1. The van der Waals surface area contributed by atoms with Gasteiger partial charge in [0.05, 0.1) is 5.76 Å². The van der Waals surface area contributed by atoms with Crippen LogP contribution in [0.1, 0.15) is 117 Å². The number of hydrogen-bond acceptors (Lipinski definition) is 1. The Kier molecular flexibility index (Phi) is 16.0. The van der Waals surface area contributed by atoms with Gasteiger partial charge in [-0.2, -0.15) is 0 Å². The summed E-state index contributed by atoms with van der Waals surface area (Å²) in [6.45, 7) is 4.36. The molecule has 0 saturated heterocycles. The lowest BCUT2D eigenvalue weighted by Gasteiger charge is -2.09. The highest BCUT2D eigenvalue weighted by molar-refractivity contribution is 5.23.